The van der Waals surface area contributed by atoms with Crippen LogP contribution in [0.2, 0.25) is 0 Å². The monoisotopic (exact) mass is 260 g/mol. The Bertz CT molecular complexity index is 423. The van der Waals surface area contributed by atoms with Crippen LogP contribution in [0.25, 0.3) is 0 Å². The maximum absolute atomic E-state index is 5.86. The van der Waals surface area contributed by atoms with Crippen molar-refractivity contribution in [3.8, 4) is 5.75 Å². The second kappa shape index (κ2) is 5.51. The third-order valence-corrected chi connectivity index (χ3v) is 4.84. The van der Waals surface area contributed by atoms with E-state index in [2.05, 4.69) is 23.6 Å². The first-order valence-corrected chi connectivity index (χ1v) is 7.54. The maximum Gasteiger partial charge on any atom is 0.124 e. The lowest BCUT2D eigenvalue weighted by Gasteiger charge is -2.20. The first-order chi connectivity index (χ1) is 9.36. The van der Waals surface area contributed by atoms with Crippen LogP contribution in [-0.2, 0) is 0 Å². The molecule has 104 valence electrons. The Morgan fingerprint density at radius 1 is 1.26 bits per heavy atom. The molecule has 2 aliphatic rings. The van der Waals surface area contributed by atoms with E-state index in [4.69, 9.17) is 10.6 Å². The molecule has 19 heavy (non-hydrogen) atoms. The van der Waals surface area contributed by atoms with Crippen molar-refractivity contribution in [1.82, 2.24) is 5.43 Å². The van der Waals surface area contributed by atoms with Crippen LogP contribution in [0.3, 0.4) is 0 Å². The zero-order valence-electron chi connectivity index (χ0n) is 11.6. The van der Waals surface area contributed by atoms with Gasteiger partial charge in [0.15, 0.2) is 0 Å². The van der Waals surface area contributed by atoms with Gasteiger partial charge in [-0.25, -0.2) is 0 Å². The highest BCUT2D eigenvalue weighted by Crippen LogP contribution is 2.60. The van der Waals surface area contributed by atoms with Crippen molar-refractivity contribution < 1.29 is 4.74 Å². The van der Waals surface area contributed by atoms with E-state index in [1.54, 1.807) is 0 Å². The smallest absolute Gasteiger partial charge is 0.124 e. The topological polar surface area (TPSA) is 47.3 Å². The summed E-state index contributed by atoms with van der Waals surface area (Å²) in [7, 11) is 0. The highest BCUT2D eigenvalue weighted by molar-refractivity contribution is 5.37. The number of rotatable bonds is 5. The van der Waals surface area contributed by atoms with Gasteiger partial charge in [0.05, 0.1) is 12.6 Å². The molecule has 0 radical (unpaired) electrons. The summed E-state index contributed by atoms with van der Waals surface area (Å²) in [6.07, 6.45) is 5.54. The summed E-state index contributed by atoms with van der Waals surface area (Å²) in [5.41, 5.74) is 4.28. The molecule has 1 aromatic carbocycles. The van der Waals surface area contributed by atoms with Crippen LogP contribution in [-0.4, -0.2) is 6.61 Å². The number of para-hydroxylation sites is 1. The van der Waals surface area contributed by atoms with Crippen LogP contribution in [0, 0.1) is 17.8 Å². The zero-order chi connectivity index (χ0) is 13.2. The van der Waals surface area contributed by atoms with E-state index in [1.165, 1.54) is 31.2 Å². The van der Waals surface area contributed by atoms with Gasteiger partial charge in [0.2, 0.25) is 0 Å². The van der Waals surface area contributed by atoms with Crippen molar-refractivity contribution in [1.29, 1.82) is 0 Å². The van der Waals surface area contributed by atoms with Gasteiger partial charge in [-0.3, -0.25) is 11.3 Å². The molecule has 3 atom stereocenters. The normalized spacial score (nSPS) is 30.5. The molecule has 3 unspecified atom stereocenters. The van der Waals surface area contributed by atoms with E-state index in [-0.39, 0.29) is 6.04 Å². The van der Waals surface area contributed by atoms with Crippen molar-refractivity contribution in [2.24, 2.45) is 23.6 Å². The average Bonchev–Trinajstić information content (AvgIpc) is 3.17. The molecule has 3 heteroatoms. The van der Waals surface area contributed by atoms with Gasteiger partial charge >= 0.3 is 0 Å². The van der Waals surface area contributed by atoms with Crippen LogP contribution in [0.4, 0.5) is 0 Å². The Hall–Kier alpha value is -1.06. The first kappa shape index (κ1) is 12.9. The molecule has 3 N–H and O–H groups in total. The molecule has 0 aliphatic heterocycles. The van der Waals surface area contributed by atoms with Crippen molar-refractivity contribution in [2.45, 2.75) is 38.6 Å². The maximum atomic E-state index is 5.86. The van der Waals surface area contributed by atoms with Gasteiger partial charge in [-0.2, -0.15) is 0 Å². The molecule has 0 aromatic heterocycles. The number of hydrogen-bond donors (Lipinski definition) is 2. The number of hydrogen-bond acceptors (Lipinski definition) is 3. The van der Waals surface area contributed by atoms with E-state index in [0.717, 1.165) is 17.6 Å². The number of nitrogens with one attached hydrogen (secondary N) is 1. The molecule has 0 saturated heterocycles. The fraction of sp³-hybridized carbons (Fsp3) is 0.625. The Labute approximate surface area is 115 Å². The molecule has 0 amide bonds. The van der Waals surface area contributed by atoms with Crippen LogP contribution in [0.5, 0.6) is 5.75 Å². The molecule has 3 rings (SSSR count). The van der Waals surface area contributed by atoms with Crippen LogP contribution < -0.4 is 16.0 Å². The van der Waals surface area contributed by atoms with E-state index < -0.39 is 0 Å². The number of ether oxygens (including phenoxy) is 1. The molecular weight excluding hydrogens is 236 g/mol. The first-order valence-electron chi connectivity index (χ1n) is 7.54. The van der Waals surface area contributed by atoms with Crippen molar-refractivity contribution >= 4 is 0 Å². The lowest BCUT2D eigenvalue weighted by molar-refractivity contribution is 0.326. The number of fused-ring (bicyclic) bond motifs is 1. The van der Waals surface area contributed by atoms with Crippen molar-refractivity contribution in [2.75, 3.05) is 6.61 Å². The van der Waals surface area contributed by atoms with Gasteiger partial charge in [-0.05, 0) is 43.6 Å². The fourth-order valence-corrected chi connectivity index (χ4v) is 3.97. The second-order valence-electron chi connectivity index (χ2n) is 5.80. The summed E-state index contributed by atoms with van der Waals surface area (Å²) in [4.78, 5) is 0. The van der Waals surface area contributed by atoms with Gasteiger partial charge in [0.1, 0.15) is 5.75 Å². The SMILES string of the molecule is CCOc1ccccc1C(NN)C1C2CCCCC21. The van der Waals surface area contributed by atoms with E-state index in [1.807, 2.05) is 13.0 Å². The predicted octanol–water partition coefficient (Wildman–Crippen LogP) is 3.03. The molecule has 0 bridgehead atoms. The lowest BCUT2D eigenvalue weighted by Crippen LogP contribution is -2.30. The lowest BCUT2D eigenvalue weighted by atomic mass is 9.99. The minimum Gasteiger partial charge on any atom is -0.494 e. The van der Waals surface area contributed by atoms with E-state index in [9.17, 15) is 0 Å². The van der Waals surface area contributed by atoms with Crippen molar-refractivity contribution in [3.63, 3.8) is 0 Å². The number of nitrogens with two attached hydrogens (primary N) is 1. The molecule has 2 saturated carbocycles. The van der Waals surface area contributed by atoms with Gasteiger partial charge in [0.25, 0.3) is 0 Å². The standard InChI is InChI=1S/C16H24N2O/c1-2-19-14-10-6-5-9-13(14)16(18-17)15-11-7-3-4-8-12(11)15/h5-6,9-12,15-16,18H,2-4,7-8,17H2,1H3. The average molecular weight is 260 g/mol. The van der Waals surface area contributed by atoms with Crippen LogP contribution in [0.1, 0.15) is 44.2 Å². The van der Waals surface area contributed by atoms with Gasteiger partial charge in [-0.15, -0.1) is 0 Å². The number of benzene rings is 1. The Morgan fingerprint density at radius 2 is 1.95 bits per heavy atom. The minimum atomic E-state index is 0.246. The van der Waals surface area contributed by atoms with Crippen LogP contribution in [0.15, 0.2) is 24.3 Å². The molecular formula is C16H24N2O. The van der Waals surface area contributed by atoms with Crippen molar-refractivity contribution in [3.05, 3.63) is 29.8 Å². The summed E-state index contributed by atoms with van der Waals surface area (Å²) in [5, 5.41) is 0. The van der Waals surface area contributed by atoms with E-state index >= 15 is 0 Å². The highest BCUT2D eigenvalue weighted by Gasteiger charge is 2.54. The zero-order valence-corrected chi connectivity index (χ0v) is 11.6. The summed E-state index contributed by atoms with van der Waals surface area (Å²) in [5.74, 6) is 9.30. The number of hydrazine groups is 1. The molecule has 2 fully saturated rings. The summed E-state index contributed by atoms with van der Waals surface area (Å²) in [6, 6.07) is 8.56. The minimum absolute atomic E-state index is 0.246. The molecule has 2 aliphatic carbocycles. The Morgan fingerprint density at radius 3 is 2.58 bits per heavy atom. The molecule has 3 nitrogen and oxygen atoms in total. The van der Waals surface area contributed by atoms with Gasteiger partial charge < -0.3 is 4.74 Å². The molecule has 0 heterocycles. The third kappa shape index (κ3) is 2.37. The summed E-state index contributed by atoms with van der Waals surface area (Å²) < 4.78 is 5.76. The fourth-order valence-electron chi connectivity index (χ4n) is 3.97. The Balaban J connectivity index is 1.82. The Kier molecular flexibility index (Phi) is 3.76. The molecule has 1 aromatic rings. The van der Waals surface area contributed by atoms with E-state index in [0.29, 0.717) is 12.5 Å². The summed E-state index contributed by atoms with van der Waals surface area (Å²) >= 11 is 0. The van der Waals surface area contributed by atoms with Gasteiger partial charge in [-0.1, -0.05) is 31.0 Å². The predicted molar refractivity (Wildman–Crippen MR) is 76.6 cm³/mol. The van der Waals surface area contributed by atoms with Gasteiger partial charge in [0, 0.05) is 5.56 Å². The second-order valence-corrected chi connectivity index (χ2v) is 5.80. The third-order valence-electron chi connectivity index (χ3n) is 4.84. The largest absolute Gasteiger partial charge is 0.494 e. The highest BCUT2D eigenvalue weighted by atomic mass is 16.5. The van der Waals surface area contributed by atoms with Crippen LogP contribution >= 0.6 is 0 Å². The summed E-state index contributed by atoms with van der Waals surface area (Å²) in [6.45, 7) is 2.73. The quantitative estimate of drug-likeness (QED) is 0.632. The molecule has 0 spiro atoms.